The predicted molar refractivity (Wildman–Crippen MR) is 451 cm³/mol. The van der Waals surface area contributed by atoms with Gasteiger partial charge in [0.25, 0.3) is 0 Å². The molecule has 562 valence electrons. The van der Waals surface area contributed by atoms with Gasteiger partial charge in [0, 0.05) is 124 Å². The molecule has 0 unspecified atom stereocenters. The summed E-state index contributed by atoms with van der Waals surface area (Å²) in [5, 5.41) is 8.91. The first-order valence-corrected chi connectivity index (χ1v) is 39.9. The minimum atomic E-state index is -0.00562. The molecule has 0 atom stereocenters. The summed E-state index contributed by atoms with van der Waals surface area (Å²) in [4.78, 5) is 19.4. The van der Waals surface area contributed by atoms with Crippen molar-refractivity contribution in [3.63, 3.8) is 0 Å². The van der Waals surface area contributed by atoms with E-state index >= 15 is 0 Å². The fourth-order valence-electron chi connectivity index (χ4n) is 16.2. The number of nitrogens with zero attached hydrogens (tertiary/aromatic N) is 8. The molecule has 0 spiro atoms. The fraction of sp³-hybridized carbons (Fsp3) is 0.347. The molecular weight excluding hydrogens is 1350 g/mol. The topological polar surface area (TPSA) is 120 Å². The van der Waals surface area contributed by atoms with Gasteiger partial charge in [-0.3, -0.25) is 0 Å². The molecule has 0 radical (unpaired) electrons. The number of aryl methyl sites for hydroxylation is 12. The SMILES string of the molecule is CCc1ccc(-c2c(C)ccc3c2oc2nc(C(C)(C)C)ccc23)[n+](C)c1.CCc1ccc(-c2c(C)ccc3c2oc2nc(C4CCCC4)ccc23)[n+](C)c1.CCc1ccc(-c2c(C)ccc3c2oc2nc(CC(C)(C)C)ccc23)[n+](C)c1.CCc1ccc(-c2c(C)ccc3c2oc2nc(CC(C)C)ccc23)[n+](C)c1. The molecule has 0 saturated heterocycles. The van der Waals surface area contributed by atoms with Crippen LogP contribution in [-0.4, -0.2) is 19.9 Å². The van der Waals surface area contributed by atoms with Crippen LogP contribution in [0.5, 0.6) is 0 Å². The van der Waals surface area contributed by atoms with Gasteiger partial charge in [0.1, 0.15) is 28.2 Å². The smallest absolute Gasteiger partial charge is 0.227 e. The maximum absolute atomic E-state index is 6.41. The zero-order chi connectivity index (χ0) is 77.8. The Kier molecular flexibility index (Phi) is 21.4. The number of benzene rings is 4. The van der Waals surface area contributed by atoms with E-state index in [0.717, 1.165) is 178 Å². The predicted octanol–water partition coefficient (Wildman–Crippen LogP) is 23.1. The van der Waals surface area contributed by atoms with Crippen LogP contribution < -0.4 is 18.3 Å². The van der Waals surface area contributed by atoms with Gasteiger partial charge in [0.2, 0.25) is 45.6 Å². The van der Waals surface area contributed by atoms with E-state index in [0.29, 0.717) is 11.8 Å². The number of aromatic nitrogens is 8. The lowest BCUT2D eigenvalue weighted by Gasteiger charge is -2.16. The molecule has 12 heteroatoms. The molecule has 1 saturated carbocycles. The molecule has 17 rings (SSSR count). The molecule has 0 amide bonds. The van der Waals surface area contributed by atoms with Gasteiger partial charge in [-0.25, -0.2) is 38.2 Å². The summed E-state index contributed by atoms with van der Waals surface area (Å²) in [7, 11) is 8.43. The van der Waals surface area contributed by atoms with Crippen molar-refractivity contribution in [1.29, 1.82) is 0 Å². The normalized spacial score (nSPS) is 12.8. The highest BCUT2D eigenvalue weighted by Crippen LogP contribution is 2.43. The van der Waals surface area contributed by atoms with Crippen LogP contribution >= 0.6 is 0 Å². The third-order valence-electron chi connectivity index (χ3n) is 22.3. The molecule has 16 aromatic rings. The number of pyridine rings is 8. The summed E-state index contributed by atoms with van der Waals surface area (Å²) >= 11 is 0. The average molecular weight is 1460 g/mol. The van der Waals surface area contributed by atoms with Crippen molar-refractivity contribution in [3.05, 3.63) is 238 Å². The largest absolute Gasteiger partial charge is 0.437 e. The van der Waals surface area contributed by atoms with Crippen LogP contribution in [0.3, 0.4) is 0 Å². The van der Waals surface area contributed by atoms with E-state index in [2.05, 4.69) is 328 Å². The zero-order valence-corrected chi connectivity index (χ0v) is 68.6. The van der Waals surface area contributed by atoms with Gasteiger partial charge < -0.3 is 17.7 Å². The van der Waals surface area contributed by atoms with E-state index in [1.54, 1.807) is 0 Å². The summed E-state index contributed by atoms with van der Waals surface area (Å²) in [5.74, 6) is 1.17. The van der Waals surface area contributed by atoms with Gasteiger partial charge >= 0.3 is 0 Å². The molecule has 12 aromatic heterocycles. The van der Waals surface area contributed by atoms with Crippen molar-refractivity contribution in [2.75, 3.05) is 0 Å². The van der Waals surface area contributed by atoms with Crippen LogP contribution in [0, 0.1) is 39.0 Å². The number of hydrogen-bond acceptors (Lipinski definition) is 8. The van der Waals surface area contributed by atoms with Crippen LogP contribution in [0.4, 0.5) is 0 Å². The van der Waals surface area contributed by atoms with Crippen LogP contribution in [0.1, 0.15) is 182 Å². The molecule has 12 heterocycles. The lowest BCUT2D eigenvalue weighted by atomic mass is 9.90. The quantitative estimate of drug-likeness (QED) is 0.111. The highest BCUT2D eigenvalue weighted by molar-refractivity contribution is 6.12. The second-order valence-corrected chi connectivity index (χ2v) is 33.5. The summed E-state index contributed by atoms with van der Waals surface area (Å²) in [5.41, 5.74) is 30.7. The maximum Gasteiger partial charge on any atom is 0.227 e. The Bertz CT molecular complexity index is 6160. The van der Waals surface area contributed by atoms with Gasteiger partial charge in [-0.1, -0.05) is 144 Å². The number of rotatable bonds is 12. The second kappa shape index (κ2) is 31.0. The summed E-state index contributed by atoms with van der Waals surface area (Å²) in [6, 6.07) is 52.3. The molecule has 0 aliphatic heterocycles. The first kappa shape index (κ1) is 76.1. The molecular formula is C98H110N8O4+4. The van der Waals surface area contributed by atoms with Crippen molar-refractivity contribution in [1.82, 2.24) is 19.9 Å². The third-order valence-corrected chi connectivity index (χ3v) is 22.3. The van der Waals surface area contributed by atoms with Gasteiger partial charge in [0.15, 0.2) is 47.1 Å². The van der Waals surface area contributed by atoms with Crippen molar-refractivity contribution in [2.45, 2.75) is 186 Å². The van der Waals surface area contributed by atoms with E-state index in [4.69, 9.17) is 37.6 Å². The minimum absolute atomic E-state index is 0.00562. The molecule has 0 N–H and O–H groups in total. The Balaban J connectivity index is 0.000000122. The average Bonchev–Trinajstić information content (AvgIpc) is 1.63. The summed E-state index contributed by atoms with van der Waals surface area (Å²) < 4.78 is 34.2. The lowest BCUT2D eigenvalue weighted by molar-refractivity contribution is -0.660. The standard InChI is InChI=1S/C25H27N2O.C25H29N2O.2C24H27N2O/c1-4-17-10-14-22(27(3)15-17)23-16(2)9-11-19-20-12-13-21(18-7-5-6-8-18)26-25(20)28-24(19)23;1-7-17-9-13-21(27(6)15-17)22-16(2)8-11-19-20-12-10-18(14-25(3,4)5)26-24(20)28-23(19)22;1-7-16-9-12-19(26(6)14-16)21-15(2)8-10-17-18-11-13-20(24(3,4)5)25-23(18)27-22(17)21;1-6-17-8-12-21(26(5)14-17)22-16(4)7-10-19-20-11-9-18(13-15(2)3)25-24(20)27-23(19)22/h9-15,18H,4-8H2,1-3H3;8-13,15H,7,14H2,1-6H3;8-14H,7H2,1-6H3;7-12,14-15H,6,13H2,1-5H3/q4*+1. The maximum atomic E-state index is 6.41. The molecule has 1 aliphatic rings. The van der Waals surface area contributed by atoms with Crippen molar-refractivity contribution >= 4 is 88.3 Å². The summed E-state index contributed by atoms with van der Waals surface area (Å²) in [6.45, 7) is 35.0. The molecule has 12 nitrogen and oxygen atoms in total. The van der Waals surface area contributed by atoms with E-state index < -0.39 is 0 Å². The Morgan fingerprint density at radius 1 is 0.364 bits per heavy atom. The van der Waals surface area contributed by atoms with Crippen LogP contribution in [-0.2, 0) is 72.1 Å². The number of fused-ring (bicyclic) bond motifs is 12. The first-order valence-electron chi connectivity index (χ1n) is 39.9. The lowest BCUT2D eigenvalue weighted by Crippen LogP contribution is -2.31. The van der Waals surface area contributed by atoms with E-state index in [1.807, 2.05) is 0 Å². The first-order chi connectivity index (χ1) is 52.7. The van der Waals surface area contributed by atoms with Crippen LogP contribution in [0.15, 0.2) is 188 Å². The van der Waals surface area contributed by atoms with Gasteiger partial charge in [-0.15, -0.1) is 0 Å². The molecule has 0 bridgehead atoms. The molecule has 4 aromatic carbocycles. The van der Waals surface area contributed by atoms with Gasteiger partial charge in [0.05, 0.1) is 22.3 Å². The van der Waals surface area contributed by atoms with Crippen molar-refractivity contribution in [2.24, 2.45) is 39.5 Å². The second-order valence-electron chi connectivity index (χ2n) is 33.5. The zero-order valence-electron chi connectivity index (χ0n) is 68.6. The van der Waals surface area contributed by atoms with E-state index in [-0.39, 0.29) is 10.8 Å². The van der Waals surface area contributed by atoms with Crippen LogP contribution in [0.2, 0.25) is 0 Å². The molecule has 110 heavy (non-hydrogen) atoms. The Labute approximate surface area is 648 Å². The third kappa shape index (κ3) is 15.2. The van der Waals surface area contributed by atoms with Crippen LogP contribution in [0.25, 0.3) is 133 Å². The molecule has 1 aliphatic carbocycles. The van der Waals surface area contributed by atoms with E-state index in [1.165, 1.54) is 87.1 Å². The fourth-order valence-corrected chi connectivity index (χ4v) is 16.2. The van der Waals surface area contributed by atoms with E-state index in [9.17, 15) is 0 Å². The highest BCUT2D eigenvalue weighted by Gasteiger charge is 2.29. The molecule has 1 fully saturated rings. The number of furan rings is 4. The van der Waals surface area contributed by atoms with Gasteiger partial charge in [-0.2, -0.15) is 0 Å². The van der Waals surface area contributed by atoms with Gasteiger partial charge in [-0.05, 0) is 185 Å². The highest BCUT2D eigenvalue weighted by atomic mass is 16.4. The monoisotopic (exact) mass is 1460 g/mol. The summed E-state index contributed by atoms with van der Waals surface area (Å²) in [6.07, 6.45) is 20.0. The number of hydrogen-bond donors (Lipinski definition) is 0. The Hall–Kier alpha value is -10.7. The van der Waals surface area contributed by atoms with Crippen molar-refractivity contribution < 1.29 is 35.9 Å². The Morgan fingerprint density at radius 2 is 0.673 bits per heavy atom. The Morgan fingerprint density at radius 3 is 1.00 bits per heavy atom. The van der Waals surface area contributed by atoms with Crippen molar-refractivity contribution in [3.8, 4) is 45.0 Å². The minimum Gasteiger partial charge on any atom is -0.437 e.